The SMILES string of the molecule is OC(CNCc1cccc(Cl)c1)c1ccco1. The molecule has 0 amide bonds. The molecule has 0 saturated carbocycles. The third-order valence-electron chi connectivity index (χ3n) is 2.43. The molecule has 3 nitrogen and oxygen atoms in total. The van der Waals surface area contributed by atoms with Gasteiger partial charge in [0.2, 0.25) is 0 Å². The largest absolute Gasteiger partial charge is 0.467 e. The van der Waals surface area contributed by atoms with Crippen molar-refractivity contribution in [2.75, 3.05) is 6.54 Å². The first-order chi connectivity index (χ1) is 8.25. The Kier molecular flexibility index (Phi) is 4.20. The summed E-state index contributed by atoms with van der Waals surface area (Å²) in [5.74, 6) is 0.573. The Hall–Kier alpha value is -1.29. The number of aliphatic hydroxyl groups is 1. The molecule has 4 heteroatoms. The molecule has 0 aliphatic rings. The molecular weight excluding hydrogens is 238 g/mol. The lowest BCUT2D eigenvalue weighted by Crippen LogP contribution is -2.20. The number of rotatable bonds is 5. The van der Waals surface area contributed by atoms with Crippen molar-refractivity contribution in [3.63, 3.8) is 0 Å². The maximum Gasteiger partial charge on any atom is 0.133 e. The first-order valence-electron chi connectivity index (χ1n) is 5.42. The highest BCUT2D eigenvalue weighted by molar-refractivity contribution is 6.30. The van der Waals surface area contributed by atoms with Gasteiger partial charge in [-0.05, 0) is 29.8 Å². The summed E-state index contributed by atoms with van der Waals surface area (Å²) in [4.78, 5) is 0. The van der Waals surface area contributed by atoms with Crippen molar-refractivity contribution in [1.29, 1.82) is 0 Å². The maximum absolute atomic E-state index is 9.76. The predicted octanol–water partition coefficient (Wildman–Crippen LogP) is 2.76. The Morgan fingerprint density at radius 2 is 2.18 bits per heavy atom. The van der Waals surface area contributed by atoms with Gasteiger partial charge in [-0.15, -0.1) is 0 Å². The molecule has 17 heavy (non-hydrogen) atoms. The van der Waals surface area contributed by atoms with Gasteiger partial charge >= 0.3 is 0 Å². The predicted molar refractivity (Wildman–Crippen MR) is 66.8 cm³/mol. The Balaban J connectivity index is 1.80. The van der Waals surface area contributed by atoms with Crippen LogP contribution in [-0.2, 0) is 6.54 Å². The summed E-state index contributed by atoms with van der Waals surface area (Å²) in [5, 5.41) is 13.6. The van der Waals surface area contributed by atoms with Crippen molar-refractivity contribution in [3.8, 4) is 0 Å². The van der Waals surface area contributed by atoms with E-state index < -0.39 is 6.10 Å². The van der Waals surface area contributed by atoms with Crippen LogP contribution in [0.5, 0.6) is 0 Å². The van der Waals surface area contributed by atoms with Crippen molar-refractivity contribution in [2.24, 2.45) is 0 Å². The Labute approximate surface area is 105 Å². The third kappa shape index (κ3) is 3.60. The fourth-order valence-electron chi connectivity index (χ4n) is 1.58. The zero-order valence-corrected chi connectivity index (χ0v) is 10.0. The summed E-state index contributed by atoms with van der Waals surface area (Å²) < 4.78 is 5.11. The van der Waals surface area contributed by atoms with E-state index in [1.807, 2.05) is 24.3 Å². The zero-order chi connectivity index (χ0) is 12.1. The van der Waals surface area contributed by atoms with Gasteiger partial charge < -0.3 is 14.8 Å². The van der Waals surface area contributed by atoms with E-state index in [0.29, 0.717) is 18.8 Å². The van der Waals surface area contributed by atoms with Gasteiger partial charge in [-0.25, -0.2) is 0 Å². The maximum atomic E-state index is 9.76. The lowest BCUT2D eigenvalue weighted by molar-refractivity contribution is 0.147. The molecule has 1 heterocycles. The molecular formula is C13H14ClNO2. The van der Waals surface area contributed by atoms with Crippen molar-refractivity contribution >= 4 is 11.6 Å². The van der Waals surface area contributed by atoms with Gasteiger partial charge in [0.15, 0.2) is 0 Å². The van der Waals surface area contributed by atoms with E-state index in [1.165, 1.54) is 0 Å². The highest BCUT2D eigenvalue weighted by Gasteiger charge is 2.09. The molecule has 0 spiro atoms. The van der Waals surface area contributed by atoms with Crippen LogP contribution in [-0.4, -0.2) is 11.7 Å². The summed E-state index contributed by atoms with van der Waals surface area (Å²) in [5.41, 5.74) is 1.09. The summed E-state index contributed by atoms with van der Waals surface area (Å²) in [6.45, 7) is 1.11. The quantitative estimate of drug-likeness (QED) is 0.859. The van der Waals surface area contributed by atoms with E-state index in [1.54, 1.807) is 18.4 Å². The second-order valence-corrected chi connectivity index (χ2v) is 4.23. The molecule has 2 N–H and O–H groups in total. The number of aliphatic hydroxyl groups excluding tert-OH is 1. The van der Waals surface area contributed by atoms with Crippen LogP contribution in [0, 0.1) is 0 Å². The van der Waals surface area contributed by atoms with Crippen molar-refractivity contribution in [2.45, 2.75) is 12.6 Å². The number of hydrogen-bond donors (Lipinski definition) is 2. The smallest absolute Gasteiger partial charge is 0.133 e. The van der Waals surface area contributed by atoms with Crippen LogP contribution in [0.1, 0.15) is 17.4 Å². The Bertz CT molecular complexity index is 456. The molecule has 2 rings (SSSR count). The first kappa shape index (κ1) is 12.2. The Morgan fingerprint density at radius 3 is 2.88 bits per heavy atom. The molecule has 0 bridgehead atoms. The highest BCUT2D eigenvalue weighted by atomic mass is 35.5. The van der Waals surface area contributed by atoms with Gasteiger partial charge in [0.25, 0.3) is 0 Å². The molecule has 1 aromatic carbocycles. The number of benzene rings is 1. The van der Waals surface area contributed by atoms with E-state index >= 15 is 0 Å². The monoisotopic (exact) mass is 251 g/mol. The van der Waals surface area contributed by atoms with Gasteiger partial charge in [-0.3, -0.25) is 0 Å². The molecule has 1 aromatic heterocycles. The lowest BCUT2D eigenvalue weighted by Gasteiger charge is -2.09. The summed E-state index contributed by atoms with van der Waals surface area (Å²) >= 11 is 5.88. The molecule has 0 saturated heterocycles. The zero-order valence-electron chi connectivity index (χ0n) is 9.27. The normalized spacial score (nSPS) is 12.6. The van der Waals surface area contributed by atoms with E-state index in [9.17, 15) is 5.11 Å². The standard InChI is InChI=1S/C13H14ClNO2/c14-11-4-1-3-10(7-11)8-15-9-12(16)13-5-2-6-17-13/h1-7,12,15-16H,8-9H2. The molecule has 0 fully saturated rings. The number of hydrogen-bond acceptors (Lipinski definition) is 3. The Morgan fingerprint density at radius 1 is 1.29 bits per heavy atom. The van der Waals surface area contributed by atoms with Crippen molar-refractivity contribution in [3.05, 3.63) is 59.0 Å². The van der Waals surface area contributed by atoms with E-state index in [2.05, 4.69) is 5.32 Å². The van der Waals surface area contributed by atoms with Crippen LogP contribution < -0.4 is 5.32 Å². The highest BCUT2D eigenvalue weighted by Crippen LogP contribution is 2.13. The average molecular weight is 252 g/mol. The number of halogens is 1. The molecule has 2 aromatic rings. The van der Waals surface area contributed by atoms with Gasteiger partial charge in [0, 0.05) is 18.1 Å². The summed E-state index contributed by atoms with van der Waals surface area (Å²) in [6, 6.07) is 11.1. The van der Waals surface area contributed by atoms with E-state index in [-0.39, 0.29) is 0 Å². The van der Waals surface area contributed by atoms with E-state index in [4.69, 9.17) is 16.0 Å². The topological polar surface area (TPSA) is 45.4 Å². The van der Waals surface area contributed by atoms with Crippen LogP contribution in [0.15, 0.2) is 47.1 Å². The van der Waals surface area contributed by atoms with Crippen molar-refractivity contribution < 1.29 is 9.52 Å². The second-order valence-electron chi connectivity index (χ2n) is 3.79. The first-order valence-corrected chi connectivity index (χ1v) is 5.80. The lowest BCUT2D eigenvalue weighted by atomic mass is 10.2. The fourth-order valence-corrected chi connectivity index (χ4v) is 1.79. The average Bonchev–Trinajstić information content (AvgIpc) is 2.82. The molecule has 0 radical (unpaired) electrons. The summed E-state index contributed by atoms with van der Waals surface area (Å²) in [7, 11) is 0. The minimum Gasteiger partial charge on any atom is -0.467 e. The summed E-state index contributed by atoms with van der Waals surface area (Å²) in [6.07, 6.45) is 0.930. The van der Waals surface area contributed by atoms with Crippen LogP contribution in [0.4, 0.5) is 0 Å². The molecule has 0 aliphatic heterocycles. The molecule has 1 unspecified atom stereocenters. The van der Waals surface area contributed by atoms with Crippen molar-refractivity contribution in [1.82, 2.24) is 5.32 Å². The van der Waals surface area contributed by atoms with Crippen LogP contribution >= 0.6 is 11.6 Å². The van der Waals surface area contributed by atoms with E-state index in [0.717, 1.165) is 10.6 Å². The molecule has 0 aliphatic carbocycles. The number of furan rings is 1. The minimum atomic E-state index is -0.621. The fraction of sp³-hybridized carbons (Fsp3) is 0.231. The molecule has 1 atom stereocenters. The van der Waals surface area contributed by atoms with Crippen LogP contribution in [0.2, 0.25) is 5.02 Å². The van der Waals surface area contributed by atoms with Gasteiger partial charge in [-0.2, -0.15) is 0 Å². The van der Waals surface area contributed by atoms with Gasteiger partial charge in [-0.1, -0.05) is 23.7 Å². The van der Waals surface area contributed by atoms with Crippen LogP contribution in [0.3, 0.4) is 0 Å². The molecule has 90 valence electrons. The van der Waals surface area contributed by atoms with Gasteiger partial charge in [0.1, 0.15) is 11.9 Å². The van der Waals surface area contributed by atoms with Gasteiger partial charge in [0.05, 0.1) is 6.26 Å². The second kappa shape index (κ2) is 5.87. The number of nitrogens with one attached hydrogen (secondary N) is 1. The van der Waals surface area contributed by atoms with Crippen LogP contribution in [0.25, 0.3) is 0 Å². The minimum absolute atomic E-state index is 0.444. The third-order valence-corrected chi connectivity index (χ3v) is 2.66.